The summed E-state index contributed by atoms with van der Waals surface area (Å²) in [6, 6.07) is 19.2. The Hall–Kier alpha value is -2.52. The molecule has 0 saturated carbocycles. The van der Waals surface area contributed by atoms with Crippen molar-refractivity contribution in [3.05, 3.63) is 77.6 Å². The molecule has 0 aromatic heterocycles. The molecule has 0 heterocycles. The van der Waals surface area contributed by atoms with Gasteiger partial charge in [-0.1, -0.05) is 41.9 Å². The maximum absolute atomic E-state index is 13.1. The molecule has 0 fully saturated rings. The molecule has 2 nitrogen and oxygen atoms in total. The van der Waals surface area contributed by atoms with Crippen molar-refractivity contribution in [2.45, 2.75) is 0 Å². The van der Waals surface area contributed by atoms with Crippen LogP contribution in [0, 0.1) is 5.82 Å². The summed E-state index contributed by atoms with van der Waals surface area (Å²) in [7, 11) is 0. The number of nitrogen functional groups attached to an aromatic ring is 1. The van der Waals surface area contributed by atoms with Crippen molar-refractivity contribution in [3.8, 4) is 22.6 Å². The molecule has 22 heavy (non-hydrogen) atoms. The molecule has 0 spiro atoms. The SMILES string of the molecule is Nc1ccc(Oc2ccc(F)cc2Cl)cc1-c1ccccc1. The number of hydrogen-bond acceptors (Lipinski definition) is 2. The third kappa shape index (κ3) is 3.05. The van der Waals surface area contributed by atoms with Crippen LogP contribution in [0.4, 0.5) is 10.1 Å². The minimum absolute atomic E-state index is 0.220. The Morgan fingerprint density at radius 3 is 2.41 bits per heavy atom. The van der Waals surface area contributed by atoms with E-state index in [1.807, 2.05) is 36.4 Å². The lowest BCUT2D eigenvalue weighted by molar-refractivity contribution is 0.481. The Balaban J connectivity index is 1.96. The van der Waals surface area contributed by atoms with Crippen LogP contribution in [0.1, 0.15) is 0 Å². The van der Waals surface area contributed by atoms with Gasteiger partial charge in [0.25, 0.3) is 0 Å². The largest absolute Gasteiger partial charge is 0.456 e. The second-order valence-electron chi connectivity index (χ2n) is 4.79. The summed E-state index contributed by atoms with van der Waals surface area (Å²) in [6.45, 7) is 0. The Morgan fingerprint density at radius 2 is 1.68 bits per heavy atom. The molecule has 110 valence electrons. The van der Waals surface area contributed by atoms with E-state index in [1.165, 1.54) is 18.2 Å². The molecule has 0 aliphatic heterocycles. The van der Waals surface area contributed by atoms with Crippen molar-refractivity contribution in [1.82, 2.24) is 0 Å². The second-order valence-corrected chi connectivity index (χ2v) is 5.20. The zero-order valence-corrected chi connectivity index (χ0v) is 12.3. The van der Waals surface area contributed by atoms with Gasteiger partial charge in [0.05, 0.1) is 5.02 Å². The van der Waals surface area contributed by atoms with Gasteiger partial charge in [-0.3, -0.25) is 0 Å². The van der Waals surface area contributed by atoms with E-state index in [-0.39, 0.29) is 5.02 Å². The number of nitrogens with two attached hydrogens (primary N) is 1. The predicted molar refractivity (Wildman–Crippen MR) is 87.8 cm³/mol. The molecule has 0 radical (unpaired) electrons. The fraction of sp³-hybridized carbons (Fsp3) is 0. The van der Waals surface area contributed by atoms with E-state index in [2.05, 4.69) is 0 Å². The van der Waals surface area contributed by atoms with Gasteiger partial charge < -0.3 is 10.5 Å². The monoisotopic (exact) mass is 313 g/mol. The first-order valence-corrected chi connectivity index (χ1v) is 7.09. The maximum Gasteiger partial charge on any atom is 0.146 e. The minimum Gasteiger partial charge on any atom is -0.456 e. The smallest absolute Gasteiger partial charge is 0.146 e. The Morgan fingerprint density at radius 1 is 0.909 bits per heavy atom. The molecule has 0 aliphatic carbocycles. The summed E-state index contributed by atoms with van der Waals surface area (Å²) in [5.74, 6) is 0.577. The number of benzene rings is 3. The summed E-state index contributed by atoms with van der Waals surface area (Å²) in [4.78, 5) is 0. The van der Waals surface area contributed by atoms with E-state index in [4.69, 9.17) is 22.1 Å². The van der Waals surface area contributed by atoms with Crippen LogP contribution in [0.15, 0.2) is 66.7 Å². The van der Waals surface area contributed by atoms with Gasteiger partial charge in [0, 0.05) is 11.3 Å². The first-order valence-electron chi connectivity index (χ1n) is 6.71. The molecule has 0 atom stereocenters. The van der Waals surface area contributed by atoms with Crippen molar-refractivity contribution >= 4 is 17.3 Å². The predicted octanol–water partition coefficient (Wildman–Crippen LogP) is 5.52. The Labute approximate surface area is 132 Å². The average Bonchev–Trinajstić information content (AvgIpc) is 2.52. The molecule has 0 aliphatic rings. The normalized spacial score (nSPS) is 10.5. The molecule has 3 aromatic rings. The van der Waals surface area contributed by atoms with Crippen molar-refractivity contribution in [2.75, 3.05) is 5.73 Å². The summed E-state index contributed by atoms with van der Waals surface area (Å²) in [5, 5.41) is 0.220. The van der Waals surface area contributed by atoms with Crippen LogP contribution in [-0.2, 0) is 0 Å². The number of hydrogen-bond donors (Lipinski definition) is 1. The van der Waals surface area contributed by atoms with Crippen molar-refractivity contribution in [2.24, 2.45) is 0 Å². The van der Waals surface area contributed by atoms with Crippen molar-refractivity contribution in [3.63, 3.8) is 0 Å². The molecular weight excluding hydrogens is 301 g/mol. The summed E-state index contributed by atoms with van der Waals surface area (Å²) < 4.78 is 18.8. The van der Waals surface area contributed by atoms with Crippen LogP contribution >= 0.6 is 11.6 Å². The van der Waals surface area contributed by atoms with E-state index >= 15 is 0 Å². The number of halogens is 2. The van der Waals surface area contributed by atoms with Crippen LogP contribution in [0.5, 0.6) is 11.5 Å². The molecule has 0 amide bonds. The number of anilines is 1. The summed E-state index contributed by atoms with van der Waals surface area (Å²) in [5.41, 5.74) is 8.56. The third-order valence-corrected chi connectivity index (χ3v) is 3.53. The number of rotatable bonds is 3. The molecule has 4 heteroatoms. The van der Waals surface area contributed by atoms with Crippen LogP contribution < -0.4 is 10.5 Å². The van der Waals surface area contributed by atoms with E-state index in [1.54, 1.807) is 12.1 Å². The van der Waals surface area contributed by atoms with Crippen LogP contribution in [0.3, 0.4) is 0 Å². The maximum atomic E-state index is 13.1. The quantitative estimate of drug-likeness (QED) is 0.646. The van der Waals surface area contributed by atoms with Gasteiger partial charge >= 0.3 is 0 Å². The first-order chi connectivity index (χ1) is 10.6. The van der Waals surface area contributed by atoms with E-state index in [0.717, 1.165) is 11.1 Å². The van der Waals surface area contributed by atoms with Crippen LogP contribution in [0.2, 0.25) is 5.02 Å². The van der Waals surface area contributed by atoms with Gasteiger partial charge in [-0.2, -0.15) is 0 Å². The van der Waals surface area contributed by atoms with Crippen LogP contribution in [0.25, 0.3) is 11.1 Å². The minimum atomic E-state index is -0.403. The van der Waals surface area contributed by atoms with E-state index in [9.17, 15) is 4.39 Å². The molecule has 0 bridgehead atoms. The lowest BCUT2D eigenvalue weighted by Gasteiger charge is -2.11. The molecule has 3 aromatic carbocycles. The van der Waals surface area contributed by atoms with E-state index in [0.29, 0.717) is 17.2 Å². The molecular formula is C18H13ClFNO. The highest BCUT2D eigenvalue weighted by Gasteiger charge is 2.08. The lowest BCUT2D eigenvalue weighted by Crippen LogP contribution is -1.92. The zero-order valence-electron chi connectivity index (χ0n) is 11.6. The second kappa shape index (κ2) is 6.08. The van der Waals surface area contributed by atoms with Gasteiger partial charge in [0.1, 0.15) is 17.3 Å². The Bertz CT molecular complexity index is 805. The molecule has 3 rings (SSSR count). The van der Waals surface area contributed by atoms with Gasteiger partial charge in [0.2, 0.25) is 0 Å². The highest BCUT2D eigenvalue weighted by molar-refractivity contribution is 6.32. The molecule has 2 N–H and O–H groups in total. The number of ether oxygens (including phenoxy) is 1. The molecule has 0 unspecified atom stereocenters. The van der Waals surface area contributed by atoms with Gasteiger partial charge in [-0.15, -0.1) is 0 Å². The average molecular weight is 314 g/mol. The van der Waals surface area contributed by atoms with Crippen molar-refractivity contribution in [1.29, 1.82) is 0 Å². The summed E-state index contributed by atoms with van der Waals surface area (Å²) in [6.07, 6.45) is 0. The highest BCUT2D eigenvalue weighted by atomic mass is 35.5. The molecule has 0 saturated heterocycles. The summed E-state index contributed by atoms with van der Waals surface area (Å²) >= 11 is 5.98. The van der Waals surface area contributed by atoms with Gasteiger partial charge in [0.15, 0.2) is 0 Å². The van der Waals surface area contributed by atoms with Gasteiger partial charge in [-0.25, -0.2) is 4.39 Å². The zero-order chi connectivity index (χ0) is 15.5. The third-order valence-electron chi connectivity index (χ3n) is 3.23. The lowest BCUT2D eigenvalue weighted by atomic mass is 10.0. The van der Waals surface area contributed by atoms with Crippen molar-refractivity contribution < 1.29 is 9.13 Å². The fourth-order valence-electron chi connectivity index (χ4n) is 2.15. The topological polar surface area (TPSA) is 35.2 Å². The van der Waals surface area contributed by atoms with Crippen LogP contribution in [-0.4, -0.2) is 0 Å². The highest BCUT2D eigenvalue weighted by Crippen LogP contribution is 2.34. The van der Waals surface area contributed by atoms with E-state index < -0.39 is 5.82 Å². The Kier molecular flexibility index (Phi) is 3.98. The van der Waals surface area contributed by atoms with Gasteiger partial charge in [-0.05, 0) is 42.0 Å². The standard InChI is InChI=1S/C18H13ClFNO/c19-16-10-13(20)6-9-18(16)22-14-7-8-17(21)15(11-14)12-4-2-1-3-5-12/h1-11H,21H2. The fourth-order valence-corrected chi connectivity index (χ4v) is 2.36. The first kappa shape index (κ1) is 14.4.